The molecule has 5 nitrogen and oxygen atoms in total. The zero-order valence-corrected chi connectivity index (χ0v) is 13.3. The fourth-order valence-corrected chi connectivity index (χ4v) is 2.54. The Hall–Kier alpha value is -2.53. The molecule has 0 aliphatic heterocycles. The third kappa shape index (κ3) is 3.63. The number of ketones is 1. The number of aliphatic hydroxyl groups is 1. The summed E-state index contributed by atoms with van der Waals surface area (Å²) < 4.78 is 10.5. The van der Waals surface area contributed by atoms with Crippen molar-refractivity contribution < 1.29 is 24.5 Å². The molecule has 0 heterocycles. The average molecular weight is 316 g/mol. The number of phenolic OH excluding ortho intramolecular Hbond substituents is 1. The van der Waals surface area contributed by atoms with Crippen LogP contribution in [0, 0.1) is 5.92 Å². The predicted octanol–water partition coefficient (Wildman–Crippen LogP) is 2.42. The lowest BCUT2D eigenvalue weighted by molar-refractivity contribution is -0.112. The Morgan fingerprint density at radius 1 is 1.17 bits per heavy atom. The molecule has 0 saturated heterocycles. The van der Waals surface area contributed by atoms with E-state index in [1.165, 1.54) is 38.5 Å². The Kier molecular flexibility index (Phi) is 5.24. The van der Waals surface area contributed by atoms with Gasteiger partial charge in [0, 0.05) is 0 Å². The van der Waals surface area contributed by atoms with Gasteiger partial charge in [0.1, 0.15) is 23.4 Å². The zero-order chi connectivity index (χ0) is 17.0. The molecule has 1 aliphatic rings. The van der Waals surface area contributed by atoms with Crippen LogP contribution in [0.15, 0.2) is 53.5 Å². The normalized spacial score (nSPS) is 21.3. The highest BCUT2D eigenvalue weighted by atomic mass is 16.5. The van der Waals surface area contributed by atoms with Crippen LogP contribution in [-0.4, -0.2) is 36.3 Å². The molecule has 122 valence electrons. The van der Waals surface area contributed by atoms with Gasteiger partial charge in [-0.3, -0.25) is 4.79 Å². The maximum atomic E-state index is 12.5. The van der Waals surface area contributed by atoms with Gasteiger partial charge in [-0.05, 0) is 36.8 Å². The fraction of sp³-hybridized carbons (Fsp3) is 0.278. The number of rotatable bonds is 5. The lowest BCUT2D eigenvalue weighted by Crippen LogP contribution is -2.26. The largest absolute Gasteiger partial charge is 0.508 e. The summed E-state index contributed by atoms with van der Waals surface area (Å²) in [5.41, 5.74) is 0.970. The number of phenols is 1. The number of allylic oxidation sites excluding steroid dienone is 1. The van der Waals surface area contributed by atoms with Crippen molar-refractivity contribution in [3.63, 3.8) is 0 Å². The second-order valence-corrected chi connectivity index (χ2v) is 5.21. The van der Waals surface area contributed by atoms with E-state index in [-0.39, 0.29) is 23.0 Å². The molecule has 0 spiro atoms. The van der Waals surface area contributed by atoms with Gasteiger partial charge in [-0.2, -0.15) is 0 Å². The molecule has 2 rings (SSSR count). The van der Waals surface area contributed by atoms with Crippen LogP contribution in [0.1, 0.15) is 12.5 Å². The SMILES string of the molecule is COC1=CC(O)C(C(=O)C=Cc2ccc(O)cc2)=C(OC)C1C. The summed E-state index contributed by atoms with van der Waals surface area (Å²) in [5, 5.41) is 19.5. The molecule has 1 aliphatic carbocycles. The van der Waals surface area contributed by atoms with Crippen LogP contribution in [0.4, 0.5) is 0 Å². The summed E-state index contributed by atoms with van der Waals surface area (Å²) >= 11 is 0. The topological polar surface area (TPSA) is 76.0 Å². The van der Waals surface area contributed by atoms with Crippen molar-refractivity contribution in [2.75, 3.05) is 14.2 Å². The second-order valence-electron chi connectivity index (χ2n) is 5.21. The van der Waals surface area contributed by atoms with Crippen LogP contribution in [0.3, 0.4) is 0 Å². The summed E-state index contributed by atoms with van der Waals surface area (Å²) in [5.74, 6) is 0.548. The molecular formula is C18H20O5. The van der Waals surface area contributed by atoms with Crippen molar-refractivity contribution in [3.8, 4) is 5.75 Å². The molecule has 2 atom stereocenters. The van der Waals surface area contributed by atoms with E-state index in [4.69, 9.17) is 9.47 Å². The van der Waals surface area contributed by atoms with Gasteiger partial charge in [0.15, 0.2) is 5.78 Å². The summed E-state index contributed by atoms with van der Waals surface area (Å²) in [6.45, 7) is 1.84. The van der Waals surface area contributed by atoms with Crippen LogP contribution in [0.25, 0.3) is 6.08 Å². The Morgan fingerprint density at radius 3 is 2.39 bits per heavy atom. The quantitative estimate of drug-likeness (QED) is 0.816. The molecule has 2 unspecified atom stereocenters. The second kappa shape index (κ2) is 7.15. The van der Waals surface area contributed by atoms with Crippen LogP contribution in [0.2, 0.25) is 0 Å². The number of aliphatic hydroxyl groups excluding tert-OH is 1. The van der Waals surface area contributed by atoms with Gasteiger partial charge in [-0.1, -0.05) is 18.2 Å². The fourth-order valence-electron chi connectivity index (χ4n) is 2.54. The van der Waals surface area contributed by atoms with Gasteiger partial charge < -0.3 is 19.7 Å². The first kappa shape index (κ1) is 16.8. The van der Waals surface area contributed by atoms with Crippen LogP contribution in [0.5, 0.6) is 5.75 Å². The van der Waals surface area contributed by atoms with Crippen LogP contribution >= 0.6 is 0 Å². The lowest BCUT2D eigenvalue weighted by atomic mass is 9.89. The van der Waals surface area contributed by atoms with E-state index in [9.17, 15) is 15.0 Å². The van der Waals surface area contributed by atoms with E-state index in [0.717, 1.165) is 5.56 Å². The maximum Gasteiger partial charge on any atom is 0.188 e. The third-order valence-electron chi connectivity index (χ3n) is 3.74. The van der Waals surface area contributed by atoms with Crippen molar-refractivity contribution in [1.29, 1.82) is 0 Å². The van der Waals surface area contributed by atoms with Crippen LogP contribution < -0.4 is 0 Å². The molecule has 0 bridgehead atoms. The molecular weight excluding hydrogens is 296 g/mol. The van der Waals surface area contributed by atoms with E-state index in [1.54, 1.807) is 18.2 Å². The average Bonchev–Trinajstić information content (AvgIpc) is 2.55. The van der Waals surface area contributed by atoms with Crippen LogP contribution in [-0.2, 0) is 14.3 Å². The number of ether oxygens (including phenoxy) is 2. The molecule has 23 heavy (non-hydrogen) atoms. The standard InChI is InChI=1S/C18H20O5/c1-11-16(22-2)10-15(21)17(18(11)23-3)14(20)9-6-12-4-7-13(19)8-5-12/h4-11,15,19,21H,1-3H3. The minimum Gasteiger partial charge on any atom is -0.508 e. The lowest BCUT2D eigenvalue weighted by Gasteiger charge is -2.27. The van der Waals surface area contributed by atoms with Gasteiger partial charge in [0.2, 0.25) is 0 Å². The van der Waals surface area contributed by atoms with Gasteiger partial charge in [0.25, 0.3) is 0 Å². The molecule has 1 aromatic rings. The van der Waals surface area contributed by atoms with Gasteiger partial charge in [-0.25, -0.2) is 0 Å². The first-order chi connectivity index (χ1) is 11.0. The first-order valence-electron chi connectivity index (χ1n) is 7.21. The van der Waals surface area contributed by atoms with E-state index < -0.39 is 6.10 Å². The smallest absolute Gasteiger partial charge is 0.188 e. The van der Waals surface area contributed by atoms with E-state index >= 15 is 0 Å². The Balaban J connectivity index is 2.27. The molecule has 2 N–H and O–H groups in total. The molecule has 5 heteroatoms. The van der Waals surface area contributed by atoms with Gasteiger partial charge in [-0.15, -0.1) is 0 Å². The summed E-state index contributed by atoms with van der Waals surface area (Å²) in [4.78, 5) is 12.5. The predicted molar refractivity (Wildman–Crippen MR) is 86.4 cm³/mol. The highest BCUT2D eigenvalue weighted by Gasteiger charge is 2.32. The number of carbonyl (C=O) groups excluding carboxylic acids is 1. The number of hydrogen-bond donors (Lipinski definition) is 2. The van der Waals surface area contributed by atoms with Crippen molar-refractivity contribution >= 4 is 11.9 Å². The summed E-state index contributed by atoms with van der Waals surface area (Å²) in [6.07, 6.45) is 3.43. The Morgan fingerprint density at radius 2 is 1.83 bits per heavy atom. The van der Waals surface area contributed by atoms with Crippen molar-refractivity contribution in [2.24, 2.45) is 5.92 Å². The molecule has 0 radical (unpaired) electrons. The number of aromatic hydroxyl groups is 1. The highest BCUT2D eigenvalue weighted by Crippen LogP contribution is 2.32. The van der Waals surface area contributed by atoms with Gasteiger partial charge >= 0.3 is 0 Å². The highest BCUT2D eigenvalue weighted by molar-refractivity contribution is 6.07. The summed E-state index contributed by atoms with van der Waals surface area (Å²) in [7, 11) is 2.98. The van der Waals surface area contributed by atoms with Crippen molar-refractivity contribution in [2.45, 2.75) is 13.0 Å². The zero-order valence-electron chi connectivity index (χ0n) is 13.3. The number of benzene rings is 1. The minimum atomic E-state index is -1.08. The number of hydrogen-bond acceptors (Lipinski definition) is 5. The Labute approximate surface area is 135 Å². The van der Waals surface area contributed by atoms with E-state index in [2.05, 4.69) is 0 Å². The molecule has 1 aromatic carbocycles. The van der Waals surface area contributed by atoms with E-state index in [0.29, 0.717) is 11.5 Å². The summed E-state index contributed by atoms with van der Waals surface area (Å²) in [6, 6.07) is 6.45. The maximum absolute atomic E-state index is 12.5. The molecule has 0 fully saturated rings. The number of carbonyl (C=O) groups is 1. The Bertz CT molecular complexity index is 667. The monoisotopic (exact) mass is 316 g/mol. The molecule has 0 amide bonds. The molecule has 0 aromatic heterocycles. The first-order valence-corrected chi connectivity index (χ1v) is 7.21. The van der Waals surface area contributed by atoms with Crippen molar-refractivity contribution in [1.82, 2.24) is 0 Å². The minimum absolute atomic E-state index is 0.159. The third-order valence-corrected chi connectivity index (χ3v) is 3.74. The van der Waals surface area contributed by atoms with Crippen molar-refractivity contribution in [3.05, 3.63) is 59.1 Å². The molecule has 0 saturated carbocycles. The number of methoxy groups -OCH3 is 2. The van der Waals surface area contributed by atoms with Gasteiger partial charge in [0.05, 0.1) is 25.7 Å². The van der Waals surface area contributed by atoms with E-state index in [1.807, 2.05) is 6.92 Å².